The summed E-state index contributed by atoms with van der Waals surface area (Å²) in [4.78, 5) is 18.4. The average Bonchev–Trinajstić information content (AvgIpc) is 3.07. The summed E-state index contributed by atoms with van der Waals surface area (Å²) in [5.74, 6) is -0.332. The van der Waals surface area contributed by atoms with E-state index < -0.39 is 0 Å². The standard InChI is InChI=1S/C13H18N2O3S/c1-2-17-12(16)9-8-19-13(14-9)15-6-7-18-11-5-3-4-10(11)15/h8,10-11H,2-7H2,1H3. The molecule has 19 heavy (non-hydrogen) atoms. The van der Waals surface area contributed by atoms with Gasteiger partial charge in [-0.3, -0.25) is 0 Å². The molecule has 2 heterocycles. The maximum absolute atomic E-state index is 11.6. The van der Waals surface area contributed by atoms with Gasteiger partial charge in [-0.05, 0) is 26.2 Å². The van der Waals surface area contributed by atoms with Crippen LogP contribution in [0.25, 0.3) is 0 Å². The number of carbonyl (C=O) groups excluding carboxylic acids is 1. The van der Waals surface area contributed by atoms with Crippen LogP contribution < -0.4 is 4.90 Å². The van der Waals surface area contributed by atoms with Gasteiger partial charge in [0.25, 0.3) is 0 Å². The van der Waals surface area contributed by atoms with Crippen LogP contribution in [-0.2, 0) is 9.47 Å². The van der Waals surface area contributed by atoms with Crippen molar-refractivity contribution in [3.05, 3.63) is 11.1 Å². The fraction of sp³-hybridized carbons (Fsp3) is 0.692. The largest absolute Gasteiger partial charge is 0.461 e. The minimum absolute atomic E-state index is 0.332. The molecule has 2 unspecified atom stereocenters. The van der Waals surface area contributed by atoms with Gasteiger partial charge < -0.3 is 14.4 Å². The molecular formula is C13H18N2O3S. The van der Waals surface area contributed by atoms with Gasteiger partial charge in [-0.15, -0.1) is 11.3 Å². The van der Waals surface area contributed by atoms with Crippen LogP contribution in [0.4, 0.5) is 5.13 Å². The number of carbonyl (C=O) groups is 1. The van der Waals surface area contributed by atoms with Crippen LogP contribution in [0.5, 0.6) is 0 Å². The van der Waals surface area contributed by atoms with Gasteiger partial charge in [-0.2, -0.15) is 0 Å². The summed E-state index contributed by atoms with van der Waals surface area (Å²) < 4.78 is 10.8. The molecular weight excluding hydrogens is 264 g/mol. The van der Waals surface area contributed by atoms with E-state index in [4.69, 9.17) is 9.47 Å². The third-order valence-corrected chi connectivity index (χ3v) is 4.58. The van der Waals surface area contributed by atoms with Crippen molar-refractivity contribution in [3.63, 3.8) is 0 Å². The molecule has 2 fully saturated rings. The molecule has 1 saturated heterocycles. The lowest BCUT2D eigenvalue weighted by Crippen LogP contribution is -2.48. The molecule has 0 aromatic carbocycles. The predicted molar refractivity (Wildman–Crippen MR) is 72.8 cm³/mol. The van der Waals surface area contributed by atoms with Crippen LogP contribution in [0.1, 0.15) is 36.7 Å². The summed E-state index contributed by atoms with van der Waals surface area (Å²) in [6.45, 7) is 3.79. The lowest BCUT2D eigenvalue weighted by molar-refractivity contribution is 0.0256. The van der Waals surface area contributed by atoms with Crippen molar-refractivity contribution in [1.82, 2.24) is 4.98 Å². The van der Waals surface area contributed by atoms with E-state index in [0.717, 1.165) is 31.1 Å². The van der Waals surface area contributed by atoms with Crippen molar-refractivity contribution in [2.24, 2.45) is 0 Å². The minimum Gasteiger partial charge on any atom is -0.461 e. The van der Waals surface area contributed by atoms with Gasteiger partial charge in [0.15, 0.2) is 10.8 Å². The number of fused-ring (bicyclic) bond motifs is 1. The Kier molecular flexibility index (Phi) is 3.70. The Morgan fingerprint density at radius 2 is 2.53 bits per heavy atom. The van der Waals surface area contributed by atoms with Gasteiger partial charge in [0.2, 0.25) is 0 Å². The zero-order chi connectivity index (χ0) is 13.2. The van der Waals surface area contributed by atoms with E-state index in [1.165, 1.54) is 17.8 Å². The van der Waals surface area contributed by atoms with Crippen molar-refractivity contribution in [1.29, 1.82) is 0 Å². The van der Waals surface area contributed by atoms with Crippen molar-refractivity contribution < 1.29 is 14.3 Å². The first kappa shape index (κ1) is 12.9. The number of anilines is 1. The smallest absolute Gasteiger partial charge is 0.357 e. The third-order valence-electron chi connectivity index (χ3n) is 3.70. The fourth-order valence-corrected chi connectivity index (χ4v) is 3.74. The van der Waals surface area contributed by atoms with Crippen LogP contribution in [-0.4, -0.2) is 42.9 Å². The molecule has 1 aromatic heterocycles. The zero-order valence-corrected chi connectivity index (χ0v) is 11.8. The number of hydrogen-bond donors (Lipinski definition) is 0. The number of hydrogen-bond acceptors (Lipinski definition) is 6. The van der Waals surface area contributed by atoms with Crippen LogP contribution >= 0.6 is 11.3 Å². The molecule has 3 rings (SSSR count). The van der Waals surface area contributed by atoms with E-state index >= 15 is 0 Å². The predicted octanol–water partition coefficient (Wildman–Crippen LogP) is 2.08. The van der Waals surface area contributed by atoms with Gasteiger partial charge in [-0.25, -0.2) is 9.78 Å². The van der Waals surface area contributed by atoms with Gasteiger partial charge >= 0.3 is 5.97 Å². The molecule has 0 N–H and O–H groups in total. The molecule has 1 aliphatic heterocycles. The monoisotopic (exact) mass is 282 g/mol. The Hall–Kier alpha value is -1.14. The summed E-state index contributed by atoms with van der Waals surface area (Å²) in [5, 5.41) is 2.70. The molecule has 2 atom stereocenters. The fourth-order valence-electron chi connectivity index (χ4n) is 2.86. The molecule has 0 amide bonds. The maximum Gasteiger partial charge on any atom is 0.357 e. The quantitative estimate of drug-likeness (QED) is 0.794. The number of aromatic nitrogens is 1. The second kappa shape index (κ2) is 5.46. The highest BCUT2D eigenvalue weighted by atomic mass is 32.1. The first-order valence-corrected chi connectivity index (χ1v) is 7.68. The Bertz CT molecular complexity index is 462. The third kappa shape index (κ3) is 2.47. The van der Waals surface area contributed by atoms with E-state index in [1.54, 1.807) is 12.3 Å². The number of rotatable bonds is 3. The maximum atomic E-state index is 11.6. The number of morpholine rings is 1. The molecule has 1 aromatic rings. The van der Waals surface area contributed by atoms with Crippen LogP contribution in [0, 0.1) is 0 Å². The number of ether oxygens (including phenoxy) is 2. The van der Waals surface area contributed by atoms with Gasteiger partial charge in [0.1, 0.15) is 0 Å². The lowest BCUT2D eigenvalue weighted by Gasteiger charge is -2.37. The summed E-state index contributed by atoms with van der Waals surface area (Å²) in [7, 11) is 0. The van der Waals surface area contributed by atoms with Gasteiger partial charge in [0.05, 0.1) is 25.4 Å². The number of esters is 1. The normalized spacial score (nSPS) is 26.3. The first-order chi connectivity index (χ1) is 9.29. The van der Waals surface area contributed by atoms with E-state index in [9.17, 15) is 4.79 Å². The van der Waals surface area contributed by atoms with E-state index in [2.05, 4.69) is 9.88 Å². The summed E-state index contributed by atoms with van der Waals surface area (Å²) in [5.41, 5.74) is 0.419. The number of nitrogens with zero attached hydrogens (tertiary/aromatic N) is 2. The first-order valence-electron chi connectivity index (χ1n) is 6.80. The van der Waals surface area contributed by atoms with Crippen LogP contribution in [0.15, 0.2) is 5.38 Å². The lowest BCUT2D eigenvalue weighted by atomic mass is 10.1. The van der Waals surface area contributed by atoms with Gasteiger partial charge in [0, 0.05) is 11.9 Å². The van der Waals surface area contributed by atoms with Crippen molar-refractivity contribution in [2.45, 2.75) is 38.3 Å². The van der Waals surface area contributed by atoms with E-state index in [1.807, 2.05) is 0 Å². The molecule has 0 spiro atoms. The molecule has 0 radical (unpaired) electrons. The highest BCUT2D eigenvalue weighted by Crippen LogP contribution is 2.34. The Morgan fingerprint density at radius 1 is 1.63 bits per heavy atom. The molecule has 1 aliphatic carbocycles. The second-order valence-corrected chi connectivity index (χ2v) is 5.67. The van der Waals surface area contributed by atoms with E-state index in [-0.39, 0.29) is 5.97 Å². The molecule has 1 saturated carbocycles. The SMILES string of the molecule is CCOC(=O)c1csc(N2CCOC3CCCC32)n1. The van der Waals surface area contributed by atoms with Crippen LogP contribution in [0.3, 0.4) is 0 Å². The number of thiazole rings is 1. The molecule has 2 aliphatic rings. The highest BCUT2D eigenvalue weighted by molar-refractivity contribution is 7.13. The second-order valence-electron chi connectivity index (χ2n) is 4.84. The van der Waals surface area contributed by atoms with Gasteiger partial charge in [-0.1, -0.05) is 0 Å². The zero-order valence-electron chi connectivity index (χ0n) is 11.0. The minimum atomic E-state index is -0.332. The Balaban J connectivity index is 1.76. The van der Waals surface area contributed by atoms with Crippen molar-refractivity contribution in [3.8, 4) is 0 Å². The Morgan fingerprint density at radius 3 is 3.37 bits per heavy atom. The van der Waals surface area contributed by atoms with Crippen molar-refractivity contribution in [2.75, 3.05) is 24.7 Å². The average molecular weight is 282 g/mol. The van der Waals surface area contributed by atoms with Crippen LogP contribution in [0.2, 0.25) is 0 Å². The Labute approximate surface area is 116 Å². The molecule has 5 nitrogen and oxygen atoms in total. The highest BCUT2D eigenvalue weighted by Gasteiger charge is 2.37. The summed E-state index contributed by atoms with van der Waals surface area (Å²) in [6, 6.07) is 0.426. The summed E-state index contributed by atoms with van der Waals surface area (Å²) >= 11 is 1.52. The molecule has 6 heteroatoms. The molecule has 0 bridgehead atoms. The topological polar surface area (TPSA) is 51.7 Å². The molecule has 104 valence electrons. The van der Waals surface area contributed by atoms with Crippen molar-refractivity contribution >= 4 is 22.4 Å². The van der Waals surface area contributed by atoms with E-state index in [0.29, 0.717) is 24.4 Å². The summed E-state index contributed by atoms with van der Waals surface area (Å²) in [6.07, 6.45) is 3.83.